The Kier molecular flexibility index (Phi) is 7.09. The molecule has 3 rings (SSSR count). The van der Waals surface area contributed by atoms with Crippen molar-refractivity contribution in [1.82, 2.24) is 4.31 Å². The summed E-state index contributed by atoms with van der Waals surface area (Å²) in [5.74, 6) is -0.301. The van der Waals surface area contributed by atoms with E-state index in [1.54, 1.807) is 0 Å². The van der Waals surface area contributed by atoms with Crippen molar-refractivity contribution >= 4 is 44.8 Å². The minimum absolute atomic E-state index is 0.0261. The molecule has 1 amide bonds. The maximum atomic E-state index is 13.1. The number of amides is 1. The number of ether oxygens (including phenoxy) is 1. The van der Waals surface area contributed by atoms with Crippen LogP contribution in [0.25, 0.3) is 0 Å². The first-order chi connectivity index (χ1) is 14.1. The van der Waals surface area contributed by atoms with Crippen molar-refractivity contribution in [2.75, 3.05) is 31.6 Å². The van der Waals surface area contributed by atoms with Crippen LogP contribution in [0.4, 0.5) is 5.69 Å². The lowest BCUT2D eigenvalue weighted by Crippen LogP contribution is -2.40. The average Bonchev–Trinajstić information content (AvgIpc) is 2.69. The van der Waals surface area contributed by atoms with Gasteiger partial charge in [-0.1, -0.05) is 55.2 Å². The number of sulfonamides is 1. The molecular formula is C21H24Cl2N2O4S. The summed E-state index contributed by atoms with van der Waals surface area (Å²) in [6.45, 7) is 7.04. The normalized spacial score (nSPS) is 15.4. The highest BCUT2D eigenvalue weighted by molar-refractivity contribution is 7.89. The zero-order chi connectivity index (χ0) is 22.1. The first-order valence-electron chi connectivity index (χ1n) is 9.60. The SMILES string of the molecule is Cc1cccc(C(C)C)c1NC(=O)c1cc(S(=O)(=O)N2CCOCC2)c(Cl)cc1Cl. The number of morpholine rings is 1. The van der Waals surface area contributed by atoms with Crippen LogP contribution < -0.4 is 5.32 Å². The Labute approximate surface area is 187 Å². The smallest absolute Gasteiger partial charge is 0.257 e. The molecule has 1 heterocycles. The molecule has 0 aliphatic carbocycles. The Morgan fingerprint density at radius 1 is 1.13 bits per heavy atom. The Bertz CT molecular complexity index is 1060. The number of nitrogens with one attached hydrogen (secondary N) is 1. The third kappa shape index (κ3) is 4.65. The molecular weight excluding hydrogens is 447 g/mol. The molecule has 0 bridgehead atoms. The lowest BCUT2D eigenvalue weighted by atomic mass is 9.98. The summed E-state index contributed by atoms with van der Waals surface area (Å²) in [4.78, 5) is 12.9. The second-order valence-electron chi connectivity index (χ2n) is 7.43. The highest BCUT2D eigenvalue weighted by Gasteiger charge is 2.30. The first kappa shape index (κ1) is 23.0. The fourth-order valence-electron chi connectivity index (χ4n) is 3.35. The molecule has 0 spiro atoms. The molecule has 0 radical (unpaired) electrons. The average molecular weight is 471 g/mol. The molecule has 1 fully saturated rings. The van der Waals surface area contributed by atoms with Gasteiger partial charge in [0.2, 0.25) is 10.0 Å². The number of carbonyl (C=O) groups is 1. The van der Waals surface area contributed by atoms with Crippen LogP contribution in [0.3, 0.4) is 0 Å². The van der Waals surface area contributed by atoms with Gasteiger partial charge in [0.25, 0.3) is 5.91 Å². The Morgan fingerprint density at radius 2 is 1.80 bits per heavy atom. The second-order valence-corrected chi connectivity index (χ2v) is 10.1. The second kappa shape index (κ2) is 9.24. The molecule has 0 aromatic heterocycles. The van der Waals surface area contributed by atoms with Gasteiger partial charge in [-0.05, 0) is 36.1 Å². The van der Waals surface area contributed by atoms with E-state index < -0.39 is 15.9 Å². The number of hydrogen-bond acceptors (Lipinski definition) is 4. The number of anilines is 1. The van der Waals surface area contributed by atoms with Crippen LogP contribution in [0.1, 0.15) is 41.3 Å². The molecule has 2 aromatic rings. The number of aryl methyl sites for hydroxylation is 1. The summed E-state index contributed by atoms with van der Waals surface area (Å²) < 4.78 is 32.6. The maximum absolute atomic E-state index is 13.1. The van der Waals surface area contributed by atoms with E-state index >= 15 is 0 Å². The molecule has 0 saturated carbocycles. The topological polar surface area (TPSA) is 75.7 Å². The van der Waals surface area contributed by atoms with Crippen LogP contribution in [-0.4, -0.2) is 44.9 Å². The number of benzene rings is 2. The van der Waals surface area contributed by atoms with Crippen molar-refractivity contribution in [3.8, 4) is 0 Å². The van der Waals surface area contributed by atoms with E-state index in [0.717, 1.165) is 11.1 Å². The first-order valence-corrected chi connectivity index (χ1v) is 11.8. The molecule has 1 saturated heterocycles. The molecule has 9 heteroatoms. The number of nitrogens with zero attached hydrogens (tertiary/aromatic N) is 1. The zero-order valence-electron chi connectivity index (χ0n) is 17.0. The van der Waals surface area contributed by atoms with Crippen molar-refractivity contribution in [2.24, 2.45) is 0 Å². The van der Waals surface area contributed by atoms with Gasteiger partial charge < -0.3 is 10.1 Å². The van der Waals surface area contributed by atoms with Crippen LogP contribution >= 0.6 is 23.2 Å². The molecule has 30 heavy (non-hydrogen) atoms. The van der Waals surface area contributed by atoms with Crippen molar-refractivity contribution in [2.45, 2.75) is 31.6 Å². The summed E-state index contributed by atoms with van der Waals surface area (Å²) in [5, 5.41) is 2.96. The van der Waals surface area contributed by atoms with Crippen molar-refractivity contribution < 1.29 is 17.9 Å². The van der Waals surface area contributed by atoms with E-state index in [2.05, 4.69) is 5.32 Å². The summed E-state index contributed by atoms with van der Waals surface area (Å²) in [6, 6.07) is 8.33. The zero-order valence-corrected chi connectivity index (χ0v) is 19.4. The fraction of sp³-hybridized carbons (Fsp3) is 0.381. The van der Waals surface area contributed by atoms with Crippen LogP contribution in [0.2, 0.25) is 10.0 Å². The number of halogens is 2. The Balaban J connectivity index is 2.00. The summed E-state index contributed by atoms with van der Waals surface area (Å²) in [5.41, 5.74) is 2.63. The van der Waals surface area contributed by atoms with Crippen molar-refractivity contribution in [1.29, 1.82) is 0 Å². The molecule has 1 aliphatic rings. The third-order valence-corrected chi connectivity index (χ3v) is 7.70. The summed E-state index contributed by atoms with van der Waals surface area (Å²) in [7, 11) is -3.89. The van der Waals surface area contributed by atoms with Gasteiger partial charge in [0, 0.05) is 18.8 Å². The minimum Gasteiger partial charge on any atom is -0.379 e. The highest BCUT2D eigenvalue weighted by Crippen LogP contribution is 2.33. The molecule has 1 aliphatic heterocycles. The van der Waals surface area contributed by atoms with E-state index in [4.69, 9.17) is 27.9 Å². The highest BCUT2D eigenvalue weighted by atomic mass is 35.5. The molecule has 0 atom stereocenters. The molecule has 0 unspecified atom stereocenters. The molecule has 162 valence electrons. The fourth-order valence-corrected chi connectivity index (χ4v) is 5.59. The number of carbonyl (C=O) groups excluding carboxylic acids is 1. The summed E-state index contributed by atoms with van der Waals surface area (Å²) >= 11 is 12.5. The van der Waals surface area contributed by atoms with E-state index in [0.29, 0.717) is 18.9 Å². The molecule has 2 aromatic carbocycles. The Hall–Kier alpha value is -1.64. The van der Waals surface area contributed by atoms with E-state index in [1.165, 1.54) is 16.4 Å². The molecule has 1 N–H and O–H groups in total. The van der Waals surface area contributed by atoms with Crippen LogP contribution in [0.15, 0.2) is 35.2 Å². The van der Waals surface area contributed by atoms with Gasteiger partial charge in [-0.3, -0.25) is 4.79 Å². The standard InChI is InChI=1S/C21H24Cl2N2O4S/c1-13(2)15-6-4-5-14(3)20(15)24-21(26)16-11-19(18(23)12-17(16)22)30(27,28)25-7-9-29-10-8-25/h4-6,11-13H,7-10H2,1-3H3,(H,24,26). The minimum atomic E-state index is -3.89. The lowest BCUT2D eigenvalue weighted by molar-refractivity contribution is 0.0730. The summed E-state index contributed by atoms with van der Waals surface area (Å²) in [6.07, 6.45) is 0. The van der Waals surface area contributed by atoms with Crippen LogP contribution in [0, 0.1) is 6.92 Å². The largest absolute Gasteiger partial charge is 0.379 e. The van der Waals surface area contributed by atoms with Crippen LogP contribution in [0.5, 0.6) is 0 Å². The van der Waals surface area contributed by atoms with E-state index in [1.807, 2.05) is 39.0 Å². The number of hydrogen-bond donors (Lipinski definition) is 1. The monoisotopic (exact) mass is 470 g/mol. The van der Waals surface area contributed by atoms with Crippen LogP contribution in [-0.2, 0) is 14.8 Å². The van der Waals surface area contributed by atoms with Gasteiger partial charge in [0.1, 0.15) is 4.90 Å². The van der Waals surface area contributed by atoms with Crippen molar-refractivity contribution in [3.05, 3.63) is 57.1 Å². The predicted octanol–water partition coefficient (Wildman–Crippen LogP) is 4.70. The maximum Gasteiger partial charge on any atom is 0.257 e. The van der Waals surface area contributed by atoms with E-state index in [-0.39, 0.29) is 39.5 Å². The van der Waals surface area contributed by atoms with Crippen molar-refractivity contribution in [3.63, 3.8) is 0 Å². The van der Waals surface area contributed by atoms with Gasteiger partial charge in [0.05, 0.1) is 28.8 Å². The number of para-hydroxylation sites is 1. The Morgan fingerprint density at radius 3 is 2.43 bits per heavy atom. The van der Waals surface area contributed by atoms with Gasteiger partial charge in [-0.15, -0.1) is 0 Å². The van der Waals surface area contributed by atoms with Gasteiger partial charge in [-0.2, -0.15) is 4.31 Å². The number of rotatable bonds is 5. The predicted molar refractivity (Wildman–Crippen MR) is 119 cm³/mol. The molecule has 6 nitrogen and oxygen atoms in total. The van der Waals surface area contributed by atoms with Gasteiger partial charge >= 0.3 is 0 Å². The van der Waals surface area contributed by atoms with Gasteiger partial charge in [0.15, 0.2) is 0 Å². The van der Waals surface area contributed by atoms with Gasteiger partial charge in [-0.25, -0.2) is 8.42 Å². The van der Waals surface area contributed by atoms with E-state index in [9.17, 15) is 13.2 Å². The lowest BCUT2D eigenvalue weighted by Gasteiger charge is -2.26. The third-order valence-electron chi connectivity index (χ3n) is 5.02. The quantitative estimate of drug-likeness (QED) is 0.686.